The summed E-state index contributed by atoms with van der Waals surface area (Å²) in [5, 5.41) is 3.45. The highest BCUT2D eigenvalue weighted by molar-refractivity contribution is 14.0. The van der Waals surface area contributed by atoms with Crippen molar-refractivity contribution in [2.75, 3.05) is 20.6 Å². The van der Waals surface area contributed by atoms with Crippen molar-refractivity contribution in [1.29, 1.82) is 0 Å². The van der Waals surface area contributed by atoms with Crippen molar-refractivity contribution in [2.24, 2.45) is 4.99 Å². The molecule has 1 N–H and O–H groups in total. The molecule has 5 nitrogen and oxygen atoms in total. The fraction of sp³-hybridized carbons (Fsp3) is 0.474. The van der Waals surface area contributed by atoms with Gasteiger partial charge in [0.15, 0.2) is 5.96 Å². The highest BCUT2D eigenvalue weighted by Gasteiger charge is 2.05. The minimum absolute atomic E-state index is 0. The molecule has 0 unspecified atom stereocenters. The number of unbranched alkanes of at least 4 members (excludes halogenated alkanes) is 1. The Labute approximate surface area is 168 Å². The van der Waals surface area contributed by atoms with Crippen LogP contribution >= 0.6 is 24.0 Å². The van der Waals surface area contributed by atoms with E-state index in [2.05, 4.69) is 63.0 Å². The maximum atomic E-state index is 4.37. The van der Waals surface area contributed by atoms with Crippen LogP contribution in [-0.4, -0.2) is 41.1 Å². The van der Waals surface area contributed by atoms with Gasteiger partial charge in [-0.05, 0) is 24.5 Å². The van der Waals surface area contributed by atoms with Crippen LogP contribution in [-0.2, 0) is 13.1 Å². The lowest BCUT2D eigenvalue weighted by molar-refractivity contribution is 0.464. The standard InChI is InChI=1S/C19H29N5.HI/c1-5-6-11-23(4)19(20-3)22-14-17-8-7-9-18(13-17)15-24-12-10-21-16(24)2;/h7-10,12-13H,5-6,11,14-15H2,1-4H3,(H,20,22);1H. The van der Waals surface area contributed by atoms with Crippen LogP contribution in [0.3, 0.4) is 0 Å². The minimum Gasteiger partial charge on any atom is -0.352 e. The largest absolute Gasteiger partial charge is 0.352 e. The van der Waals surface area contributed by atoms with Crippen LogP contribution in [0, 0.1) is 6.92 Å². The molecule has 0 spiro atoms. The molecule has 138 valence electrons. The maximum Gasteiger partial charge on any atom is 0.193 e. The molecule has 1 aromatic carbocycles. The summed E-state index contributed by atoms with van der Waals surface area (Å²) in [4.78, 5) is 10.8. The Kier molecular flexibility index (Phi) is 9.55. The van der Waals surface area contributed by atoms with Gasteiger partial charge in [-0.25, -0.2) is 4.98 Å². The van der Waals surface area contributed by atoms with Gasteiger partial charge in [0.25, 0.3) is 0 Å². The number of aryl methyl sites for hydroxylation is 1. The molecule has 0 atom stereocenters. The summed E-state index contributed by atoms with van der Waals surface area (Å²) < 4.78 is 2.16. The van der Waals surface area contributed by atoms with Crippen LogP contribution in [0.25, 0.3) is 0 Å². The molecule has 0 saturated heterocycles. The second-order valence-electron chi connectivity index (χ2n) is 6.10. The third kappa shape index (κ3) is 6.68. The summed E-state index contributed by atoms with van der Waals surface area (Å²) in [6.07, 6.45) is 6.23. The van der Waals surface area contributed by atoms with Gasteiger partial charge in [0, 0.05) is 46.1 Å². The number of hydrogen-bond acceptors (Lipinski definition) is 2. The molecule has 0 aliphatic rings. The van der Waals surface area contributed by atoms with Crippen molar-refractivity contribution < 1.29 is 0 Å². The molecular weight excluding hydrogens is 425 g/mol. The lowest BCUT2D eigenvalue weighted by atomic mass is 10.1. The summed E-state index contributed by atoms with van der Waals surface area (Å²) in [5.41, 5.74) is 2.54. The number of rotatable bonds is 7. The lowest BCUT2D eigenvalue weighted by Gasteiger charge is -2.22. The number of guanidine groups is 1. The molecule has 0 fully saturated rings. The molecule has 0 amide bonds. The topological polar surface area (TPSA) is 45.5 Å². The van der Waals surface area contributed by atoms with Crippen LogP contribution in [0.5, 0.6) is 0 Å². The van der Waals surface area contributed by atoms with Crippen molar-refractivity contribution in [3.05, 3.63) is 53.6 Å². The first-order valence-electron chi connectivity index (χ1n) is 8.61. The van der Waals surface area contributed by atoms with Gasteiger partial charge in [-0.3, -0.25) is 4.99 Å². The zero-order valence-electron chi connectivity index (χ0n) is 15.7. The fourth-order valence-electron chi connectivity index (χ4n) is 2.67. The highest BCUT2D eigenvalue weighted by Crippen LogP contribution is 2.09. The molecule has 0 radical (unpaired) electrons. The first-order valence-corrected chi connectivity index (χ1v) is 8.61. The normalized spacial score (nSPS) is 11.1. The number of imidazole rings is 1. The van der Waals surface area contributed by atoms with Gasteiger partial charge in [-0.15, -0.1) is 24.0 Å². The molecule has 2 rings (SSSR count). The summed E-state index contributed by atoms with van der Waals surface area (Å²) in [6, 6.07) is 8.66. The average molecular weight is 455 g/mol. The summed E-state index contributed by atoms with van der Waals surface area (Å²) >= 11 is 0. The average Bonchev–Trinajstić information content (AvgIpc) is 2.98. The molecule has 0 aliphatic heterocycles. The van der Waals surface area contributed by atoms with E-state index in [0.717, 1.165) is 31.4 Å². The maximum absolute atomic E-state index is 4.37. The van der Waals surface area contributed by atoms with Crippen molar-refractivity contribution in [3.63, 3.8) is 0 Å². The second-order valence-corrected chi connectivity index (χ2v) is 6.10. The quantitative estimate of drug-likeness (QED) is 0.394. The van der Waals surface area contributed by atoms with Gasteiger partial charge >= 0.3 is 0 Å². The number of benzene rings is 1. The fourth-order valence-corrected chi connectivity index (χ4v) is 2.67. The molecule has 6 heteroatoms. The molecule has 0 bridgehead atoms. The van der Waals surface area contributed by atoms with E-state index < -0.39 is 0 Å². The van der Waals surface area contributed by atoms with Gasteiger partial charge in [-0.1, -0.05) is 37.6 Å². The number of halogens is 1. The van der Waals surface area contributed by atoms with Crippen LogP contribution in [0.15, 0.2) is 41.7 Å². The third-order valence-corrected chi connectivity index (χ3v) is 4.14. The van der Waals surface area contributed by atoms with E-state index in [4.69, 9.17) is 0 Å². The van der Waals surface area contributed by atoms with E-state index >= 15 is 0 Å². The van der Waals surface area contributed by atoms with Crippen molar-refractivity contribution in [3.8, 4) is 0 Å². The Morgan fingerprint density at radius 2 is 2.08 bits per heavy atom. The number of nitrogens with one attached hydrogen (secondary N) is 1. The SMILES string of the molecule is CCCCN(C)C(=NC)NCc1cccc(Cn2ccnc2C)c1.I. The second kappa shape index (κ2) is 11.1. The Bertz CT molecular complexity index is 665. The molecular formula is C19H30IN5. The van der Waals surface area contributed by atoms with Gasteiger partial charge < -0.3 is 14.8 Å². The van der Waals surface area contributed by atoms with Gasteiger partial charge in [0.1, 0.15) is 5.82 Å². The number of hydrogen-bond donors (Lipinski definition) is 1. The Balaban J connectivity index is 0.00000312. The van der Waals surface area contributed by atoms with Crippen molar-refractivity contribution in [1.82, 2.24) is 19.8 Å². The molecule has 0 saturated carbocycles. The Morgan fingerprint density at radius 1 is 1.32 bits per heavy atom. The zero-order chi connectivity index (χ0) is 17.4. The first-order chi connectivity index (χ1) is 11.6. The lowest BCUT2D eigenvalue weighted by Crippen LogP contribution is -2.38. The summed E-state index contributed by atoms with van der Waals surface area (Å²) in [5.74, 6) is 1.98. The predicted octanol–water partition coefficient (Wildman–Crippen LogP) is 3.67. The van der Waals surface area contributed by atoms with E-state index in [1.807, 2.05) is 26.4 Å². The molecule has 1 heterocycles. The van der Waals surface area contributed by atoms with Gasteiger partial charge in [0.05, 0.1) is 0 Å². The zero-order valence-corrected chi connectivity index (χ0v) is 18.0. The van der Waals surface area contributed by atoms with Gasteiger partial charge in [-0.2, -0.15) is 0 Å². The van der Waals surface area contributed by atoms with E-state index in [1.54, 1.807) is 0 Å². The third-order valence-electron chi connectivity index (χ3n) is 4.14. The van der Waals surface area contributed by atoms with E-state index in [9.17, 15) is 0 Å². The van der Waals surface area contributed by atoms with E-state index in [0.29, 0.717) is 0 Å². The Hall–Kier alpha value is -1.57. The molecule has 2 aromatic rings. The predicted molar refractivity (Wildman–Crippen MR) is 116 cm³/mol. The summed E-state index contributed by atoms with van der Waals surface area (Å²) in [7, 11) is 3.92. The molecule has 1 aromatic heterocycles. The van der Waals surface area contributed by atoms with Crippen molar-refractivity contribution >= 4 is 29.9 Å². The Morgan fingerprint density at radius 3 is 2.72 bits per heavy atom. The van der Waals surface area contributed by atoms with Crippen LogP contribution < -0.4 is 5.32 Å². The number of aliphatic imine (C=N–C) groups is 1. The highest BCUT2D eigenvalue weighted by atomic mass is 127. The minimum atomic E-state index is 0. The molecule has 25 heavy (non-hydrogen) atoms. The smallest absolute Gasteiger partial charge is 0.193 e. The van der Waals surface area contributed by atoms with Crippen molar-refractivity contribution in [2.45, 2.75) is 39.8 Å². The number of aromatic nitrogens is 2. The van der Waals surface area contributed by atoms with Crippen LogP contribution in [0.4, 0.5) is 0 Å². The molecule has 0 aliphatic carbocycles. The monoisotopic (exact) mass is 455 g/mol. The van der Waals surface area contributed by atoms with E-state index in [-0.39, 0.29) is 24.0 Å². The number of nitrogens with zero attached hydrogens (tertiary/aromatic N) is 4. The van der Waals surface area contributed by atoms with Crippen LogP contribution in [0.1, 0.15) is 36.7 Å². The van der Waals surface area contributed by atoms with E-state index in [1.165, 1.54) is 24.0 Å². The first kappa shape index (κ1) is 21.5. The van der Waals surface area contributed by atoms with Gasteiger partial charge in [0.2, 0.25) is 0 Å². The van der Waals surface area contributed by atoms with Crippen LogP contribution in [0.2, 0.25) is 0 Å². The summed E-state index contributed by atoms with van der Waals surface area (Å²) in [6.45, 7) is 6.89.